The third-order valence-electron chi connectivity index (χ3n) is 6.25. The van der Waals surface area contributed by atoms with Gasteiger partial charge >= 0.3 is 0 Å². The zero-order valence-corrected chi connectivity index (χ0v) is 20.8. The lowest BCUT2D eigenvalue weighted by Crippen LogP contribution is -2.48. The number of hydrogen-bond acceptors (Lipinski definition) is 5. The van der Waals surface area contributed by atoms with Gasteiger partial charge in [0.2, 0.25) is 0 Å². The highest BCUT2D eigenvalue weighted by molar-refractivity contribution is 5.95. The van der Waals surface area contributed by atoms with Crippen molar-refractivity contribution in [2.75, 3.05) is 19.8 Å². The second-order valence-electron chi connectivity index (χ2n) is 9.15. The van der Waals surface area contributed by atoms with Gasteiger partial charge in [0.25, 0.3) is 5.91 Å². The molecule has 1 heterocycles. The van der Waals surface area contributed by atoms with Crippen LogP contribution in [0.4, 0.5) is 8.78 Å². The Hall–Kier alpha value is -3.49. The topological polar surface area (TPSA) is 79.8 Å². The third kappa shape index (κ3) is 7.50. The van der Waals surface area contributed by atoms with E-state index in [4.69, 9.17) is 9.47 Å². The number of carbonyl (C=O) groups is 1. The van der Waals surface area contributed by atoms with Crippen molar-refractivity contribution >= 4 is 5.91 Å². The van der Waals surface area contributed by atoms with Crippen molar-refractivity contribution in [2.24, 2.45) is 0 Å². The van der Waals surface area contributed by atoms with Gasteiger partial charge in [0.1, 0.15) is 11.6 Å². The number of benzene rings is 3. The summed E-state index contributed by atoms with van der Waals surface area (Å²) >= 11 is 0. The molecule has 0 spiro atoms. The van der Waals surface area contributed by atoms with Crippen LogP contribution < -0.4 is 20.1 Å². The maximum absolute atomic E-state index is 13.8. The van der Waals surface area contributed by atoms with Gasteiger partial charge in [0, 0.05) is 31.1 Å². The van der Waals surface area contributed by atoms with E-state index in [1.165, 1.54) is 17.7 Å². The van der Waals surface area contributed by atoms with Crippen LogP contribution in [-0.4, -0.2) is 42.9 Å². The lowest BCUT2D eigenvalue weighted by molar-refractivity contribution is 0.0829. The highest BCUT2D eigenvalue weighted by atomic mass is 19.1. The van der Waals surface area contributed by atoms with Gasteiger partial charge in [-0.05, 0) is 59.9 Å². The van der Waals surface area contributed by atoms with Crippen LogP contribution in [-0.2, 0) is 19.4 Å². The Morgan fingerprint density at radius 2 is 1.68 bits per heavy atom. The fourth-order valence-electron chi connectivity index (χ4n) is 4.29. The molecule has 0 fully saturated rings. The van der Waals surface area contributed by atoms with E-state index >= 15 is 0 Å². The van der Waals surface area contributed by atoms with Crippen LogP contribution in [0.2, 0.25) is 0 Å². The van der Waals surface area contributed by atoms with Crippen molar-refractivity contribution in [3.8, 4) is 11.5 Å². The third-order valence-corrected chi connectivity index (χ3v) is 6.25. The number of aliphatic hydroxyl groups is 1. The average molecular weight is 511 g/mol. The van der Waals surface area contributed by atoms with E-state index in [-0.39, 0.29) is 13.0 Å². The minimum absolute atomic E-state index is 0.0408. The van der Waals surface area contributed by atoms with Crippen LogP contribution in [0, 0.1) is 11.6 Å². The Bertz CT molecular complexity index is 1200. The van der Waals surface area contributed by atoms with E-state index in [9.17, 15) is 18.7 Å². The van der Waals surface area contributed by atoms with Crippen LogP contribution in [0.3, 0.4) is 0 Å². The molecule has 1 amide bonds. The summed E-state index contributed by atoms with van der Waals surface area (Å²) in [5.41, 5.74) is 2.95. The van der Waals surface area contributed by atoms with E-state index in [0.717, 1.165) is 24.5 Å². The van der Waals surface area contributed by atoms with Crippen molar-refractivity contribution in [2.45, 2.75) is 44.9 Å². The van der Waals surface area contributed by atoms with Gasteiger partial charge in [-0.3, -0.25) is 4.79 Å². The number of ether oxygens (including phenoxy) is 2. The van der Waals surface area contributed by atoms with E-state index in [0.29, 0.717) is 42.4 Å². The standard InChI is InChI=1S/C29H32F2N2O4/c1-2-19-5-3-6-20(11-19)17-32-18-26(34)25(14-21-12-23(30)16-24(31)13-21)33-29(35)22-7-8-27-28(15-22)37-10-4-9-36-27/h3,5-8,11-13,15-16,25-26,32,34H,2,4,9-10,14,17-18H2,1H3,(H,33,35)/t25-,26+/m0/s1. The van der Waals surface area contributed by atoms with E-state index < -0.39 is 29.7 Å². The van der Waals surface area contributed by atoms with E-state index in [1.807, 2.05) is 12.1 Å². The van der Waals surface area contributed by atoms with Crippen LogP contribution in [0.25, 0.3) is 0 Å². The molecule has 1 aliphatic rings. The predicted octanol–water partition coefficient (Wildman–Crippen LogP) is 4.18. The van der Waals surface area contributed by atoms with Crippen molar-refractivity contribution in [3.05, 3.63) is 94.6 Å². The SMILES string of the molecule is CCc1cccc(CNC[C@@H](O)[C@H](Cc2cc(F)cc(F)c2)NC(=O)c2ccc3c(c2)OCCCO3)c1. The molecule has 196 valence electrons. The summed E-state index contributed by atoms with van der Waals surface area (Å²) in [7, 11) is 0. The number of aryl methyl sites for hydroxylation is 1. The van der Waals surface area contributed by atoms with Crippen molar-refractivity contribution in [3.63, 3.8) is 0 Å². The summed E-state index contributed by atoms with van der Waals surface area (Å²) < 4.78 is 39.0. The largest absolute Gasteiger partial charge is 0.490 e. The van der Waals surface area contributed by atoms with Gasteiger partial charge in [-0.15, -0.1) is 0 Å². The molecule has 0 unspecified atom stereocenters. The number of halogens is 2. The molecule has 3 aromatic carbocycles. The van der Waals surface area contributed by atoms with Crippen LogP contribution in [0.5, 0.6) is 11.5 Å². The summed E-state index contributed by atoms with van der Waals surface area (Å²) in [6, 6.07) is 15.4. The monoisotopic (exact) mass is 510 g/mol. The number of aliphatic hydroxyl groups excluding tert-OH is 1. The molecule has 37 heavy (non-hydrogen) atoms. The molecule has 3 aromatic rings. The Morgan fingerprint density at radius 3 is 2.43 bits per heavy atom. The molecule has 4 rings (SSSR count). The fourth-order valence-corrected chi connectivity index (χ4v) is 4.29. The first-order valence-corrected chi connectivity index (χ1v) is 12.5. The van der Waals surface area contributed by atoms with Gasteiger partial charge < -0.3 is 25.2 Å². The number of carbonyl (C=O) groups excluding carboxylic acids is 1. The van der Waals surface area contributed by atoms with Gasteiger partial charge in [-0.2, -0.15) is 0 Å². The Balaban J connectivity index is 1.47. The number of hydrogen-bond donors (Lipinski definition) is 3. The minimum Gasteiger partial charge on any atom is -0.490 e. The summed E-state index contributed by atoms with van der Waals surface area (Å²) in [6.45, 7) is 3.80. The highest BCUT2D eigenvalue weighted by Crippen LogP contribution is 2.30. The molecular formula is C29H32F2N2O4. The summed E-state index contributed by atoms with van der Waals surface area (Å²) in [5, 5.41) is 17.1. The Morgan fingerprint density at radius 1 is 0.946 bits per heavy atom. The second kappa shape index (κ2) is 12.7. The normalized spacial score (nSPS) is 14.5. The van der Waals surface area contributed by atoms with Gasteiger partial charge in [0.15, 0.2) is 11.5 Å². The fraction of sp³-hybridized carbons (Fsp3) is 0.345. The summed E-state index contributed by atoms with van der Waals surface area (Å²) in [4.78, 5) is 13.1. The molecule has 0 bridgehead atoms. The molecule has 8 heteroatoms. The highest BCUT2D eigenvalue weighted by Gasteiger charge is 2.24. The number of nitrogens with one attached hydrogen (secondary N) is 2. The van der Waals surface area contributed by atoms with Crippen LogP contribution in [0.15, 0.2) is 60.7 Å². The lowest BCUT2D eigenvalue weighted by atomic mass is 10.00. The zero-order valence-electron chi connectivity index (χ0n) is 20.8. The van der Waals surface area contributed by atoms with Crippen molar-refractivity contribution in [1.82, 2.24) is 10.6 Å². The van der Waals surface area contributed by atoms with Crippen LogP contribution in [0.1, 0.15) is 40.4 Å². The van der Waals surface area contributed by atoms with Gasteiger partial charge in [-0.1, -0.05) is 31.2 Å². The van der Waals surface area contributed by atoms with E-state index in [1.54, 1.807) is 18.2 Å². The Kier molecular flexibility index (Phi) is 9.09. The quantitative estimate of drug-likeness (QED) is 0.381. The Labute approximate surface area is 215 Å². The zero-order chi connectivity index (χ0) is 26.2. The first-order chi connectivity index (χ1) is 17.9. The maximum atomic E-state index is 13.8. The van der Waals surface area contributed by atoms with Crippen molar-refractivity contribution < 1.29 is 28.2 Å². The second-order valence-corrected chi connectivity index (χ2v) is 9.15. The van der Waals surface area contributed by atoms with Crippen LogP contribution >= 0.6 is 0 Å². The maximum Gasteiger partial charge on any atom is 0.251 e. The molecule has 0 aromatic heterocycles. The molecule has 1 aliphatic heterocycles. The summed E-state index contributed by atoms with van der Waals surface area (Å²) in [5.74, 6) is -0.826. The first kappa shape index (κ1) is 26.6. The molecule has 0 saturated carbocycles. The van der Waals surface area contributed by atoms with Crippen molar-refractivity contribution in [1.29, 1.82) is 0 Å². The number of rotatable bonds is 10. The molecule has 0 aliphatic carbocycles. The molecule has 0 saturated heterocycles. The number of fused-ring (bicyclic) bond motifs is 1. The first-order valence-electron chi connectivity index (χ1n) is 12.5. The number of amides is 1. The molecule has 2 atom stereocenters. The average Bonchev–Trinajstić information content (AvgIpc) is 3.12. The molecule has 3 N–H and O–H groups in total. The lowest BCUT2D eigenvalue weighted by Gasteiger charge is -2.25. The van der Waals surface area contributed by atoms with Gasteiger partial charge in [0.05, 0.1) is 25.4 Å². The molecule has 6 nitrogen and oxygen atoms in total. The van der Waals surface area contributed by atoms with Gasteiger partial charge in [-0.25, -0.2) is 8.78 Å². The summed E-state index contributed by atoms with van der Waals surface area (Å²) in [6.07, 6.45) is 0.683. The molecular weight excluding hydrogens is 478 g/mol. The predicted molar refractivity (Wildman–Crippen MR) is 137 cm³/mol. The molecule has 0 radical (unpaired) electrons. The van der Waals surface area contributed by atoms with E-state index in [2.05, 4.69) is 29.7 Å². The smallest absolute Gasteiger partial charge is 0.251 e. The minimum atomic E-state index is -1.02.